The van der Waals surface area contributed by atoms with Crippen molar-refractivity contribution in [3.05, 3.63) is 29.8 Å². The normalized spacial score (nSPS) is 12.6. The van der Waals surface area contributed by atoms with E-state index in [-0.39, 0.29) is 11.0 Å². The average molecular weight is 415 g/mol. The molecule has 7 nitrogen and oxygen atoms in total. The Morgan fingerprint density at radius 3 is 2.58 bits per heavy atom. The fraction of sp³-hybridized carbons (Fsp3) is 0.438. The summed E-state index contributed by atoms with van der Waals surface area (Å²) in [5.74, 6) is -0.0448. The van der Waals surface area contributed by atoms with Gasteiger partial charge in [0.15, 0.2) is 10.1 Å². The van der Waals surface area contributed by atoms with Gasteiger partial charge in [0, 0.05) is 17.8 Å². The van der Waals surface area contributed by atoms with Gasteiger partial charge in [-0.2, -0.15) is 0 Å². The maximum Gasteiger partial charge on any atom is 0.229 e. The fourth-order valence-electron chi connectivity index (χ4n) is 2.06. The number of thioether (sulfide) groups is 1. The molecule has 142 valence electrons. The SMILES string of the molecule is CCCCNc1nnc(SC(C)C(=O)c2ccc(NS(C)(=O)=O)cc2)s1. The molecule has 0 fully saturated rings. The number of hydrogen-bond donors (Lipinski definition) is 2. The molecule has 2 aromatic rings. The van der Waals surface area contributed by atoms with Crippen molar-refractivity contribution < 1.29 is 13.2 Å². The van der Waals surface area contributed by atoms with Crippen molar-refractivity contribution in [1.82, 2.24) is 10.2 Å². The van der Waals surface area contributed by atoms with Crippen LogP contribution in [0.5, 0.6) is 0 Å². The number of anilines is 2. The van der Waals surface area contributed by atoms with Crippen molar-refractivity contribution >= 4 is 49.7 Å². The molecule has 0 amide bonds. The summed E-state index contributed by atoms with van der Waals surface area (Å²) < 4.78 is 25.5. The number of nitrogens with zero attached hydrogens (tertiary/aromatic N) is 2. The van der Waals surface area contributed by atoms with Gasteiger partial charge in [0.2, 0.25) is 15.2 Å². The van der Waals surface area contributed by atoms with Gasteiger partial charge in [-0.05, 0) is 37.6 Å². The molecule has 2 rings (SSSR count). The average Bonchev–Trinajstić information content (AvgIpc) is 3.01. The third-order valence-corrected chi connectivity index (χ3v) is 6.00. The highest BCUT2D eigenvalue weighted by Crippen LogP contribution is 2.30. The van der Waals surface area contributed by atoms with Crippen molar-refractivity contribution in [3.8, 4) is 0 Å². The van der Waals surface area contributed by atoms with Crippen LogP contribution in [0.3, 0.4) is 0 Å². The van der Waals surface area contributed by atoms with Crippen LogP contribution in [-0.2, 0) is 10.0 Å². The molecule has 1 aromatic carbocycles. The lowest BCUT2D eigenvalue weighted by Crippen LogP contribution is -2.14. The number of hydrogen-bond acceptors (Lipinski definition) is 8. The Morgan fingerprint density at radius 1 is 1.27 bits per heavy atom. The maximum absolute atomic E-state index is 12.5. The van der Waals surface area contributed by atoms with E-state index in [1.54, 1.807) is 24.3 Å². The van der Waals surface area contributed by atoms with E-state index in [1.807, 2.05) is 6.92 Å². The predicted molar refractivity (Wildman–Crippen MR) is 108 cm³/mol. The maximum atomic E-state index is 12.5. The number of ketones is 1. The molecule has 1 heterocycles. The van der Waals surface area contributed by atoms with Gasteiger partial charge in [-0.1, -0.05) is 36.4 Å². The molecule has 1 unspecified atom stereocenters. The van der Waals surface area contributed by atoms with Crippen LogP contribution in [0.25, 0.3) is 0 Å². The van der Waals surface area contributed by atoms with Gasteiger partial charge in [-0.3, -0.25) is 9.52 Å². The quantitative estimate of drug-likeness (QED) is 0.349. The minimum atomic E-state index is -3.33. The number of carbonyl (C=O) groups excluding carboxylic acids is 1. The third-order valence-electron chi connectivity index (χ3n) is 3.33. The van der Waals surface area contributed by atoms with Gasteiger partial charge in [-0.15, -0.1) is 10.2 Å². The summed E-state index contributed by atoms with van der Waals surface area (Å²) in [6.07, 6.45) is 3.26. The molecule has 0 saturated heterocycles. The molecule has 0 aliphatic heterocycles. The summed E-state index contributed by atoms with van der Waals surface area (Å²) in [7, 11) is -3.33. The van der Waals surface area contributed by atoms with E-state index in [1.165, 1.54) is 23.1 Å². The number of unbranched alkanes of at least 4 members (excludes halogenated alkanes) is 1. The second kappa shape index (κ2) is 9.33. The number of rotatable bonds is 10. The lowest BCUT2D eigenvalue weighted by molar-refractivity contribution is 0.0994. The predicted octanol–water partition coefficient (Wildman–Crippen LogP) is 3.49. The Morgan fingerprint density at radius 2 is 1.96 bits per heavy atom. The number of nitrogens with one attached hydrogen (secondary N) is 2. The highest BCUT2D eigenvalue weighted by molar-refractivity contribution is 8.02. The van der Waals surface area contributed by atoms with Crippen LogP contribution in [0.1, 0.15) is 37.0 Å². The summed E-state index contributed by atoms with van der Waals surface area (Å²) in [6, 6.07) is 6.38. The van der Waals surface area contributed by atoms with Gasteiger partial charge < -0.3 is 5.32 Å². The fourth-order valence-corrected chi connectivity index (χ4v) is 4.62. The summed E-state index contributed by atoms with van der Waals surface area (Å²) >= 11 is 2.80. The third kappa shape index (κ3) is 6.58. The minimum Gasteiger partial charge on any atom is -0.360 e. The Labute approximate surface area is 162 Å². The van der Waals surface area contributed by atoms with Crippen molar-refractivity contribution in [2.24, 2.45) is 0 Å². The van der Waals surface area contributed by atoms with Crippen molar-refractivity contribution in [2.45, 2.75) is 36.3 Å². The van der Waals surface area contributed by atoms with E-state index in [2.05, 4.69) is 27.2 Å². The van der Waals surface area contributed by atoms with Crippen molar-refractivity contribution in [2.75, 3.05) is 22.8 Å². The van der Waals surface area contributed by atoms with E-state index in [9.17, 15) is 13.2 Å². The zero-order valence-electron chi connectivity index (χ0n) is 14.9. The van der Waals surface area contributed by atoms with E-state index < -0.39 is 10.0 Å². The van der Waals surface area contributed by atoms with Crippen LogP contribution < -0.4 is 10.0 Å². The van der Waals surface area contributed by atoms with Crippen molar-refractivity contribution in [3.63, 3.8) is 0 Å². The highest BCUT2D eigenvalue weighted by atomic mass is 32.2. The molecule has 26 heavy (non-hydrogen) atoms. The van der Waals surface area contributed by atoms with Crippen LogP contribution in [-0.4, -0.2) is 42.4 Å². The van der Waals surface area contributed by atoms with Gasteiger partial charge in [0.1, 0.15) is 0 Å². The van der Waals surface area contributed by atoms with Gasteiger partial charge >= 0.3 is 0 Å². The van der Waals surface area contributed by atoms with Gasteiger partial charge in [0.05, 0.1) is 11.5 Å². The molecule has 0 aliphatic rings. The standard InChI is InChI=1S/C16H22N4O3S3/c1-4-5-10-17-15-18-19-16(25-15)24-11(2)14(21)12-6-8-13(9-7-12)20-26(3,22)23/h6-9,11,20H,4-5,10H2,1-3H3,(H,17,18). The number of carbonyl (C=O) groups is 1. The van der Waals surface area contributed by atoms with Gasteiger partial charge in [-0.25, -0.2) is 8.42 Å². The molecule has 2 N–H and O–H groups in total. The zero-order valence-corrected chi connectivity index (χ0v) is 17.3. The van der Waals surface area contributed by atoms with Crippen molar-refractivity contribution in [1.29, 1.82) is 0 Å². The number of sulfonamides is 1. The first kappa shape index (κ1) is 20.7. The van der Waals surface area contributed by atoms with E-state index >= 15 is 0 Å². The summed E-state index contributed by atoms with van der Waals surface area (Å²) in [5, 5.41) is 11.8. The van der Waals surface area contributed by atoms with Gasteiger partial charge in [0.25, 0.3) is 0 Å². The van der Waals surface area contributed by atoms with E-state index in [0.29, 0.717) is 11.3 Å². The molecule has 0 aliphatic carbocycles. The molecule has 1 atom stereocenters. The first-order valence-electron chi connectivity index (χ1n) is 8.14. The Kier molecular flexibility index (Phi) is 7.42. The van der Waals surface area contributed by atoms with E-state index in [4.69, 9.17) is 0 Å². The van der Waals surface area contributed by atoms with Crippen LogP contribution in [0.4, 0.5) is 10.8 Å². The molecule has 0 bridgehead atoms. The first-order chi connectivity index (χ1) is 12.3. The summed E-state index contributed by atoms with van der Waals surface area (Å²) in [5.41, 5.74) is 0.950. The Hall–Kier alpha value is -1.65. The number of benzene rings is 1. The molecular formula is C16H22N4O3S3. The van der Waals surface area contributed by atoms with Crippen LogP contribution in [0.15, 0.2) is 28.6 Å². The lowest BCUT2D eigenvalue weighted by Gasteiger charge is -2.09. The summed E-state index contributed by atoms with van der Waals surface area (Å²) in [4.78, 5) is 12.5. The highest BCUT2D eigenvalue weighted by Gasteiger charge is 2.19. The van der Waals surface area contributed by atoms with E-state index in [0.717, 1.165) is 35.1 Å². The molecular weight excluding hydrogens is 392 g/mol. The van der Waals surface area contributed by atoms with Crippen LogP contribution in [0, 0.1) is 0 Å². The zero-order chi connectivity index (χ0) is 19.2. The number of Topliss-reactive ketones (excluding diaryl/α,β-unsaturated/α-hetero) is 1. The topological polar surface area (TPSA) is 101 Å². The van der Waals surface area contributed by atoms with Crippen LogP contribution in [0.2, 0.25) is 0 Å². The second-order valence-electron chi connectivity index (χ2n) is 5.73. The first-order valence-corrected chi connectivity index (χ1v) is 11.7. The molecule has 0 radical (unpaired) electrons. The molecule has 0 spiro atoms. The largest absolute Gasteiger partial charge is 0.360 e. The second-order valence-corrected chi connectivity index (χ2v) is 10.0. The lowest BCUT2D eigenvalue weighted by atomic mass is 10.1. The molecule has 1 aromatic heterocycles. The smallest absolute Gasteiger partial charge is 0.229 e. The minimum absolute atomic E-state index is 0.0448. The molecule has 10 heteroatoms. The molecule has 0 saturated carbocycles. The Balaban J connectivity index is 1.94. The number of aromatic nitrogens is 2. The Bertz CT molecular complexity index is 835. The monoisotopic (exact) mass is 414 g/mol. The summed E-state index contributed by atoms with van der Waals surface area (Å²) in [6.45, 7) is 4.81. The van der Waals surface area contributed by atoms with Crippen LogP contribution >= 0.6 is 23.1 Å².